The predicted octanol–water partition coefficient (Wildman–Crippen LogP) is 3.67. The van der Waals surface area contributed by atoms with E-state index in [0.29, 0.717) is 0 Å². The van der Waals surface area contributed by atoms with Gasteiger partial charge in [-0.15, -0.1) is 0 Å². The summed E-state index contributed by atoms with van der Waals surface area (Å²) in [5.41, 5.74) is -0.864. The molecule has 0 radical (unpaired) electrons. The van der Waals surface area contributed by atoms with Crippen LogP contribution in [0.2, 0.25) is 0 Å². The fourth-order valence-corrected chi connectivity index (χ4v) is 3.05. The number of benzene rings is 2. The van der Waals surface area contributed by atoms with Crippen molar-refractivity contribution in [3.8, 4) is 0 Å². The van der Waals surface area contributed by atoms with Gasteiger partial charge in [-0.25, -0.2) is 21.6 Å². The van der Waals surface area contributed by atoms with Crippen LogP contribution in [0.5, 0.6) is 0 Å². The van der Waals surface area contributed by atoms with Crippen molar-refractivity contribution in [1.29, 1.82) is 0 Å². The third-order valence-electron chi connectivity index (χ3n) is 2.37. The zero-order valence-electron chi connectivity index (χ0n) is 9.70. The van der Waals surface area contributed by atoms with Gasteiger partial charge in [0.25, 0.3) is 10.0 Å². The van der Waals surface area contributed by atoms with Crippen molar-refractivity contribution < 1.29 is 21.6 Å². The first-order valence-electron chi connectivity index (χ1n) is 5.23. The highest BCUT2D eigenvalue weighted by atomic mass is 79.9. The molecule has 1 N–H and O–H groups in total. The number of rotatable bonds is 3. The first-order valence-corrected chi connectivity index (χ1v) is 7.51. The molecule has 20 heavy (non-hydrogen) atoms. The van der Waals surface area contributed by atoms with E-state index in [-0.39, 0.29) is 4.47 Å². The van der Waals surface area contributed by atoms with Crippen LogP contribution in [0.1, 0.15) is 0 Å². The van der Waals surface area contributed by atoms with Crippen molar-refractivity contribution in [1.82, 2.24) is 0 Å². The Morgan fingerprint density at radius 3 is 2.05 bits per heavy atom. The quantitative estimate of drug-likeness (QED) is 0.901. The van der Waals surface area contributed by atoms with E-state index < -0.39 is 38.1 Å². The van der Waals surface area contributed by atoms with Crippen LogP contribution in [-0.2, 0) is 10.0 Å². The molecule has 8 heteroatoms. The third kappa shape index (κ3) is 2.96. The van der Waals surface area contributed by atoms with Crippen LogP contribution >= 0.6 is 15.9 Å². The first kappa shape index (κ1) is 14.9. The average Bonchev–Trinajstić information content (AvgIpc) is 2.34. The van der Waals surface area contributed by atoms with Crippen LogP contribution in [0.3, 0.4) is 0 Å². The van der Waals surface area contributed by atoms with Gasteiger partial charge in [-0.3, -0.25) is 4.72 Å². The first-order chi connectivity index (χ1) is 9.31. The van der Waals surface area contributed by atoms with Gasteiger partial charge < -0.3 is 0 Å². The number of hydrogen-bond acceptors (Lipinski definition) is 2. The molecule has 0 aromatic heterocycles. The summed E-state index contributed by atoms with van der Waals surface area (Å²) in [5, 5.41) is 0. The number of nitrogens with one attached hydrogen (secondary N) is 1. The Hall–Kier alpha value is -1.54. The summed E-state index contributed by atoms with van der Waals surface area (Å²) >= 11 is 2.87. The second-order valence-electron chi connectivity index (χ2n) is 3.78. The second kappa shape index (κ2) is 5.45. The van der Waals surface area contributed by atoms with E-state index in [9.17, 15) is 21.6 Å². The summed E-state index contributed by atoms with van der Waals surface area (Å²) in [6.45, 7) is 0. The zero-order valence-corrected chi connectivity index (χ0v) is 12.1. The molecule has 0 saturated heterocycles. The Balaban J connectivity index is 2.47. The van der Waals surface area contributed by atoms with E-state index in [2.05, 4.69) is 15.9 Å². The van der Waals surface area contributed by atoms with Crippen molar-refractivity contribution in [3.63, 3.8) is 0 Å². The van der Waals surface area contributed by atoms with Gasteiger partial charge in [0, 0.05) is 4.47 Å². The Morgan fingerprint density at radius 2 is 1.50 bits per heavy atom. The summed E-state index contributed by atoms with van der Waals surface area (Å²) in [7, 11) is -4.42. The summed E-state index contributed by atoms with van der Waals surface area (Å²) < 4.78 is 66.2. The Morgan fingerprint density at radius 1 is 0.950 bits per heavy atom. The summed E-state index contributed by atoms with van der Waals surface area (Å²) in [6, 6.07) is 6.31. The topological polar surface area (TPSA) is 46.2 Å². The van der Waals surface area contributed by atoms with Crippen LogP contribution in [0, 0.1) is 17.5 Å². The molecule has 2 aromatic carbocycles. The van der Waals surface area contributed by atoms with Crippen LogP contribution < -0.4 is 4.72 Å². The minimum atomic E-state index is -4.42. The van der Waals surface area contributed by atoms with Gasteiger partial charge in [0.2, 0.25) is 0 Å². The molecule has 0 unspecified atom stereocenters. The number of halogens is 4. The van der Waals surface area contributed by atoms with Gasteiger partial charge in [0.1, 0.15) is 16.4 Å². The normalized spacial score (nSPS) is 11.4. The standard InChI is InChI=1S/C12H7BrF3NO2S/c13-7-5-9(15)12(10(16)6-7)17-20(18,19)11-4-2-1-3-8(11)14/h1-6,17H. The highest BCUT2D eigenvalue weighted by Gasteiger charge is 2.22. The molecular formula is C12H7BrF3NO2S. The van der Waals surface area contributed by atoms with Crippen LogP contribution in [-0.4, -0.2) is 8.42 Å². The van der Waals surface area contributed by atoms with Gasteiger partial charge in [-0.2, -0.15) is 0 Å². The van der Waals surface area contributed by atoms with Crippen molar-refractivity contribution in [3.05, 3.63) is 58.3 Å². The number of anilines is 1. The predicted molar refractivity (Wildman–Crippen MR) is 71.3 cm³/mol. The van der Waals surface area contributed by atoms with E-state index in [1.165, 1.54) is 12.1 Å². The second-order valence-corrected chi connectivity index (χ2v) is 6.35. The maximum atomic E-state index is 13.6. The van der Waals surface area contributed by atoms with Crippen LogP contribution in [0.15, 0.2) is 45.8 Å². The Bertz CT molecular complexity index is 742. The van der Waals surface area contributed by atoms with Gasteiger partial charge in [-0.1, -0.05) is 28.1 Å². The van der Waals surface area contributed by atoms with Gasteiger partial charge in [0.15, 0.2) is 11.6 Å². The summed E-state index contributed by atoms with van der Waals surface area (Å²) in [5.74, 6) is -3.24. The molecule has 3 nitrogen and oxygen atoms in total. The molecule has 0 heterocycles. The fourth-order valence-electron chi connectivity index (χ4n) is 1.49. The molecule has 2 rings (SSSR count). The van der Waals surface area contributed by atoms with E-state index in [1.54, 1.807) is 4.72 Å². The molecule has 0 bridgehead atoms. The van der Waals surface area contributed by atoms with Crippen molar-refractivity contribution in [2.45, 2.75) is 4.90 Å². The van der Waals surface area contributed by atoms with Crippen molar-refractivity contribution in [2.24, 2.45) is 0 Å². The van der Waals surface area contributed by atoms with E-state index in [1.807, 2.05) is 0 Å². The van der Waals surface area contributed by atoms with Crippen molar-refractivity contribution in [2.75, 3.05) is 4.72 Å². The molecule has 0 amide bonds. The Labute approximate surface area is 121 Å². The lowest BCUT2D eigenvalue weighted by Gasteiger charge is -2.10. The lowest BCUT2D eigenvalue weighted by molar-refractivity contribution is 0.565. The molecule has 0 aliphatic rings. The molecular weight excluding hydrogens is 359 g/mol. The van der Waals surface area contributed by atoms with Gasteiger partial charge in [-0.05, 0) is 24.3 Å². The minimum Gasteiger partial charge on any atom is -0.274 e. The maximum absolute atomic E-state index is 13.6. The Kier molecular flexibility index (Phi) is 4.05. The smallest absolute Gasteiger partial charge is 0.264 e. The van der Waals surface area contributed by atoms with Crippen molar-refractivity contribution >= 4 is 31.6 Å². The summed E-state index contributed by atoms with van der Waals surface area (Å²) in [6.07, 6.45) is 0. The lowest BCUT2D eigenvalue weighted by atomic mass is 10.3. The van der Waals surface area contributed by atoms with E-state index in [0.717, 1.165) is 24.3 Å². The third-order valence-corrected chi connectivity index (χ3v) is 4.21. The molecule has 0 atom stereocenters. The minimum absolute atomic E-state index is 0.112. The fraction of sp³-hybridized carbons (Fsp3) is 0. The molecule has 0 aliphatic carbocycles. The highest BCUT2D eigenvalue weighted by molar-refractivity contribution is 9.10. The molecule has 0 fully saturated rings. The van der Waals surface area contributed by atoms with Crippen LogP contribution in [0.4, 0.5) is 18.9 Å². The number of hydrogen-bond donors (Lipinski definition) is 1. The summed E-state index contributed by atoms with van der Waals surface area (Å²) in [4.78, 5) is -0.693. The molecule has 0 spiro atoms. The van der Waals surface area contributed by atoms with Gasteiger partial charge in [0.05, 0.1) is 0 Å². The molecule has 2 aromatic rings. The highest BCUT2D eigenvalue weighted by Crippen LogP contribution is 2.26. The SMILES string of the molecule is O=S(=O)(Nc1c(F)cc(Br)cc1F)c1ccccc1F. The maximum Gasteiger partial charge on any atom is 0.264 e. The van der Waals surface area contributed by atoms with Crippen LogP contribution in [0.25, 0.3) is 0 Å². The average molecular weight is 366 g/mol. The monoisotopic (exact) mass is 365 g/mol. The lowest BCUT2D eigenvalue weighted by Crippen LogP contribution is -2.16. The molecule has 0 saturated carbocycles. The molecule has 0 aliphatic heterocycles. The van der Waals surface area contributed by atoms with E-state index >= 15 is 0 Å². The number of sulfonamides is 1. The van der Waals surface area contributed by atoms with Gasteiger partial charge >= 0.3 is 0 Å². The van der Waals surface area contributed by atoms with E-state index in [4.69, 9.17) is 0 Å². The zero-order chi connectivity index (χ0) is 14.9. The largest absolute Gasteiger partial charge is 0.274 e. The molecule has 106 valence electrons.